The minimum absolute atomic E-state index is 0. The van der Waals surface area contributed by atoms with E-state index in [0.29, 0.717) is 6.42 Å². The predicted octanol–water partition coefficient (Wildman–Crippen LogP) is 3.07. The SMILES string of the molecule is CCNC(=NCCCc1ccccc1Cl)NC1CCC(=O)N(C)C1.I. The Kier molecular flexibility index (Phi) is 10.2. The maximum atomic E-state index is 11.6. The highest BCUT2D eigenvalue weighted by atomic mass is 127. The van der Waals surface area contributed by atoms with Crippen LogP contribution in [0, 0.1) is 0 Å². The van der Waals surface area contributed by atoms with Gasteiger partial charge in [-0.25, -0.2) is 0 Å². The Hall–Kier alpha value is -1.02. The molecule has 0 spiro atoms. The van der Waals surface area contributed by atoms with E-state index in [1.807, 2.05) is 25.2 Å². The number of nitrogens with one attached hydrogen (secondary N) is 2. The predicted molar refractivity (Wildman–Crippen MR) is 115 cm³/mol. The molecule has 1 amide bonds. The minimum Gasteiger partial charge on any atom is -0.357 e. The number of rotatable bonds is 6. The molecule has 1 unspecified atom stereocenters. The van der Waals surface area contributed by atoms with Crippen LogP contribution in [0.3, 0.4) is 0 Å². The summed E-state index contributed by atoms with van der Waals surface area (Å²) in [7, 11) is 1.85. The van der Waals surface area contributed by atoms with Gasteiger partial charge in [0.15, 0.2) is 5.96 Å². The lowest BCUT2D eigenvalue weighted by molar-refractivity contribution is -0.132. The fourth-order valence-electron chi connectivity index (χ4n) is 2.80. The summed E-state index contributed by atoms with van der Waals surface area (Å²) in [5.74, 6) is 1.04. The van der Waals surface area contributed by atoms with Gasteiger partial charge < -0.3 is 15.5 Å². The number of likely N-dealkylation sites (tertiary alicyclic amines) is 1. The standard InChI is InChI=1S/C18H27ClN4O.HI/c1-3-20-18(22-15-10-11-17(24)23(2)13-15)21-12-6-8-14-7-4-5-9-16(14)19;/h4-5,7,9,15H,3,6,8,10-13H2,1-2H3,(H2,20,21,22);1H. The molecule has 5 nitrogen and oxygen atoms in total. The van der Waals surface area contributed by atoms with Crippen molar-refractivity contribution in [2.24, 2.45) is 4.99 Å². The largest absolute Gasteiger partial charge is 0.357 e. The Morgan fingerprint density at radius 2 is 2.16 bits per heavy atom. The van der Waals surface area contributed by atoms with Gasteiger partial charge in [-0.05, 0) is 37.8 Å². The number of carbonyl (C=O) groups excluding carboxylic acids is 1. The van der Waals surface area contributed by atoms with Gasteiger partial charge in [0.05, 0.1) is 0 Å². The zero-order valence-electron chi connectivity index (χ0n) is 14.9. The highest BCUT2D eigenvalue weighted by molar-refractivity contribution is 14.0. The van der Waals surface area contributed by atoms with Gasteiger partial charge in [0.25, 0.3) is 0 Å². The molecule has 0 saturated carbocycles. The smallest absolute Gasteiger partial charge is 0.222 e. The van der Waals surface area contributed by atoms with Crippen molar-refractivity contribution < 1.29 is 4.79 Å². The molecule has 1 aliphatic rings. The molecule has 0 aliphatic carbocycles. The van der Waals surface area contributed by atoms with E-state index in [4.69, 9.17) is 11.6 Å². The first kappa shape index (κ1) is 22.0. The Bertz CT molecular complexity index is 582. The fraction of sp³-hybridized carbons (Fsp3) is 0.556. The lowest BCUT2D eigenvalue weighted by atomic mass is 10.1. The number of carbonyl (C=O) groups is 1. The third kappa shape index (κ3) is 7.40. The highest BCUT2D eigenvalue weighted by Gasteiger charge is 2.23. The number of benzene rings is 1. The molecular weight excluding hydrogens is 451 g/mol. The molecule has 1 aromatic carbocycles. The van der Waals surface area contributed by atoms with Gasteiger partial charge >= 0.3 is 0 Å². The van der Waals surface area contributed by atoms with Crippen LogP contribution in [0.5, 0.6) is 0 Å². The zero-order chi connectivity index (χ0) is 17.4. The first-order chi connectivity index (χ1) is 11.6. The minimum atomic E-state index is 0. The summed E-state index contributed by atoms with van der Waals surface area (Å²) in [6.45, 7) is 4.33. The van der Waals surface area contributed by atoms with Crippen LogP contribution in [0.15, 0.2) is 29.3 Å². The van der Waals surface area contributed by atoms with Gasteiger partial charge in [-0.2, -0.15) is 0 Å². The van der Waals surface area contributed by atoms with Crippen LogP contribution in [0.2, 0.25) is 5.02 Å². The van der Waals surface area contributed by atoms with E-state index in [1.165, 1.54) is 5.56 Å². The van der Waals surface area contributed by atoms with Gasteiger partial charge in [-0.1, -0.05) is 29.8 Å². The summed E-state index contributed by atoms with van der Waals surface area (Å²) in [4.78, 5) is 18.0. The van der Waals surface area contributed by atoms with E-state index in [9.17, 15) is 4.79 Å². The van der Waals surface area contributed by atoms with E-state index < -0.39 is 0 Å². The number of nitrogens with zero attached hydrogens (tertiary/aromatic N) is 2. The quantitative estimate of drug-likeness (QED) is 0.286. The molecule has 0 bridgehead atoms. The van der Waals surface area contributed by atoms with Crippen LogP contribution in [0.1, 0.15) is 31.7 Å². The Balaban J connectivity index is 0.00000312. The molecule has 7 heteroatoms. The van der Waals surface area contributed by atoms with Crippen LogP contribution in [-0.4, -0.2) is 49.5 Å². The van der Waals surface area contributed by atoms with Crippen molar-refractivity contribution in [3.05, 3.63) is 34.9 Å². The first-order valence-electron chi connectivity index (χ1n) is 8.62. The second kappa shape index (κ2) is 11.6. The summed E-state index contributed by atoms with van der Waals surface area (Å²) in [6, 6.07) is 8.20. The van der Waals surface area contributed by atoms with Gasteiger partial charge in [0, 0.05) is 44.2 Å². The fourth-order valence-corrected chi connectivity index (χ4v) is 3.04. The van der Waals surface area contributed by atoms with Crippen molar-refractivity contribution in [1.82, 2.24) is 15.5 Å². The van der Waals surface area contributed by atoms with E-state index in [0.717, 1.165) is 49.9 Å². The molecule has 140 valence electrons. The molecule has 1 saturated heterocycles. The summed E-state index contributed by atoms with van der Waals surface area (Å²) >= 11 is 6.18. The molecule has 0 radical (unpaired) electrons. The summed E-state index contributed by atoms with van der Waals surface area (Å²) in [6.07, 6.45) is 3.32. The summed E-state index contributed by atoms with van der Waals surface area (Å²) in [5.41, 5.74) is 1.17. The Morgan fingerprint density at radius 1 is 1.40 bits per heavy atom. The molecule has 1 aromatic rings. The lowest BCUT2D eigenvalue weighted by Gasteiger charge is -2.31. The third-order valence-corrected chi connectivity index (χ3v) is 4.51. The number of hydrogen-bond donors (Lipinski definition) is 2. The monoisotopic (exact) mass is 478 g/mol. The van der Waals surface area contributed by atoms with Crippen LogP contribution in [0.4, 0.5) is 0 Å². The van der Waals surface area contributed by atoms with Crippen LogP contribution < -0.4 is 10.6 Å². The second-order valence-corrected chi connectivity index (χ2v) is 6.52. The van der Waals surface area contributed by atoms with Crippen LogP contribution in [0.25, 0.3) is 0 Å². The maximum Gasteiger partial charge on any atom is 0.222 e. The number of piperidine rings is 1. The van der Waals surface area contributed by atoms with Gasteiger partial charge in [0.1, 0.15) is 0 Å². The Labute approximate surface area is 172 Å². The molecule has 0 aromatic heterocycles. The van der Waals surface area contributed by atoms with Gasteiger partial charge in [0.2, 0.25) is 5.91 Å². The number of aryl methyl sites for hydroxylation is 1. The zero-order valence-corrected chi connectivity index (χ0v) is 18.0. The van der Waals surface area contributed by atoms with Gasteiger partial charge in [-0.3, -0.25) is 9.79 Å². The van der Waals surface area contributed by atoms with E-state index in [-0.39, 0.29) is 35.9 Å². The number of guanidine groups is 1. The molecule has 2 rings (SSSR count). The summed E-state index contributed by atoms with van der Waals surface area (Å²) < 4.78 is 0. The highest BCUT2D eigenvalue weighted by Crippen LogP contribution is 2.16. The van der Waals surface area contributed by atoms with Crippen molar-refractivity contribution in [3.63, 3.8) is 0 Å². The molecule has 1 heterocycles. The molecule has 1 fully saturated rings. The van der Waals surface area contributed by atoms with Crippen molar-refractivity contribution in [1.29, 1.82) is 0 Å². The van der Waals surface area contributed by atoms with Crippen molar-refractivity contribution in [2.45, 2.75) is 38.6 Å². The molecule has 2 N–H and O–H groups in total. The molecule has 1 atom stereocenters. The molecule has 1 aliphatic heterocycles. The van der Waals surface area contributed by atoms with Crippen molar-refractivity contribution in [3.8, 4) is 0 Å². The average molecular weight is 479 g/mol. The maximum absolute atomic E-state index is 11.6. The van der Waals surface area contributed by atoms with Crippen LogP contribution in [-0.2, 0) is 11.2 Å². The average Bonchev–Trinajstić information content (AvgIpc) is 2.56. The van der Waals surface area contributed by atoms with Crippen molar-refractivity contribution >= 4 is 47.4 Å². The lowest BCUT2D eigenvalue weighted by Crippen LogP contribution is -2.51. The van der Waals surface area contributed by atoms with E-state index in [1.54, 1.807) is 4.90 Å². The number of aliphatic imine (C=N–C) groups is 1. The topological polar surface area (TPSA) is 56.7 Å². The third-order valence-electron chi connectivity index (χ3n) is 4.14. The first-order valence-corrected chi connectivity index (χ1v) is 9.00. The normalized spacial score (nSPS) is 17.9. The van der Waals surface area contributed by atoms with Crippen LogP contribution >= 0.6 is 35.6 Å². The molecular formula is C18H28ClIN4O. The second-order valence-electron chi connectivity index (χ2n) is 6.11. The Morgan fingerprint density at radius 3 is 2.84 bits per heavy atom. The molecule has 25 heavy (non-hydrogen) atoms. The number of hydrogen-bond acceptors (Lipinski definition) is 2. The van der Waals surface area contributed by atoms with E-state index in [2.05, 4.69) is 28.6 Å². The number of amides is 1. The number of halogens is 2. The number of likely N-dealkylation sites (N-methyl/N-ethyl adjacent to an activating group) is 1. The van der Waals surface area contributed by atoms with Crippen molar-refractivity contribution in [2.75, 3.05) is 26.7 Å². The van der Waals surface area contributed by atoms with Gasteiger partial charge in [-0.15, -0.1) is 24.0 Å². The summed E-state index contributed by atoms with van der Waals surface area (Å²) in [5, 5.41) is 7.53. The van der Waals surface area contributed by atoms with E-state index >= 15 is 0 Å².